The molecule has 1 aliphatic carbocycles. The van der Waals surface area contributed by atoms with Crippen molar-refractivity contribution in [1.82, 2.24) is 0 Å². The second kappa shape index (κ2) is 6.13. The first-order valence-electron chi connectivity index (χ1n) is 7.51. The topological polar surface area (TPSA) is 26.3 Å². The lowest BCUT2D eigenvalue weighted by molar-refractivity contribution is -0.120. The second-order valence-electron chi connectivity index (χ2n) is 5.64. The summed E-state index contributed by atoms with van der Waals surface area (Å²) in [6.45, 7) is 0. The first kappa shape index (κ1) is 13.9. The maximum absolute atomic E-state index is 12.7. The molecule has 1 atom stereocenters. The summed E-state index contributed by atoms with van der Waals surface area (Å²) in [5, 5.41) is 0. The zero-order chi connectivity index (χ0) is 14.7. The molecule has 0 spiro atoms. The second-order valence-corrected chi connectivity index (χ2v) is 5.64. The molecule has 2 aromatic carbocycles. The van der Waals surface area contributed by atoms with Crippen LogP contribution in [0.3, 0.4) is 0 Å². The largest absolute Gasteiger partial charge is 0.497 e. The van der Waals surface area contributed by atoms with Crippen LogP contribution in [0, 0.1) is 0 Å². The number of fused-ring (bicyclic) bond motifs is 1. The Balaban J connectivity index is 1.80. The van der Waals surface area contributed by atoms with E-state index in [1.54, 1.807) is 7.11 Å². The van der Waals surface area contributed by atoms with E-state index in [9.17, 15) is 4.79 Å². The Labute approximate surface area is 125 Å². The summed E-state index contributed by atoms with van der Waals surface area (Å²) in [6, 6.07) is 16.2. The van der Waals surface area contributed by atoms with Crippen LogP contribution in [0.2, 0.25) is 0 Å². The molecule has 2 aromatic rings. The van der Waals surface area contributed by atoms with E-state index < -0.39 is 0 Å². The fourth-order valence-corrected chi connectivity index (χ4v) is 3.20. The van der Waals surface area contributed by atoms with Gasteiger partial charge in [0.25, 0.3) is 0 Å². The van der Waals surface area contributed by atoms with Gasteiger partial charge in [-0.1, -0.05) is 36.4 Å². The highest BCUT2D eigenvalue weighted by atomic mass is 16.5. The van der Waals surface area contributed by atoms with Gasteiger partial charge in [-0.25, -0.2) is 0 Å². The third-order valence-corrected chi connectivity index (χ3v) is 4.27. The van der Waals surface area contributed by atoms with Crippen LogP contribution in [-0.4, -0.2) is 12.9 Å². The Morgan fingerprint density at radius 3 is 2.90 bits per heavy atom. The molecule has 0 heterocycles. The van der Waals surface area contributed by atoms with Crippen LogP contribution in [0.15, 0.2) is 48.5 Å². The molecule has 2 heteroatoms. The number of carbonyl (C=O) groups is 1. The number of ether oxygens (including phenoxy) is 1. The van der Waals surface area contributed by atoms with Gasteiger partial charge in [-0.15, -0.1) is 0 Å². The molecule has 0 fully saturated rings. The SMILES string of the molecule is COc1cccc(CC(=O)C2CCCc3ccccc32)c1. The first-order valence-corrected chi connectivity index (χ1v) is 7.51. The fraction of sp³-hybridized carbons (Fsp3) is 0.316. The molecule has 1 unspecified atom stereocenters. The highest BCUT2D eigenvalue weighted by Crippen LogP contribution is 2.33. The highest BCUT2D eigenvalue weighted by molar-refractivity contribution is 5.88. The van der Waals surface area contributed by atoms with Crippen LogP contribution < -0.4 is 4.74 Å². The summed E-state index contributed by atoms with van der Waals surface area (Å²) < 4.78 is 5.23. The molecule has 108 valence electrons. The van der Waals surface area contributed by atoms with Crippen molar-refractivity contribution in [3.63, 3.8) is 0 Å². The highest BCUT2D eigenvalue weighted by Gasteiger charge is 2.25. The number of ketones is 1. The van der Waals surface area contributed by atoms with E-state index in [0.717, 1.165) is 30.6 Å². The summed E-state index contributed by atoms with van der Waals surface area (Å²) in [7, 11) is 1.65. The van der Waals surface area contributed by atoms with Crippen molar-refractivity contribution in [3.8, 4) is 5.75 Å². The minimum absolute atomic E-state index is 0.0566. The average molecular weight is 280 g/mol. The zero-order valence-electron chi connectivity index (χ0n) is 12.3. The quantitative estimate of drug-likeness (QED) is 0.848. The van der Waals surface area contributed by atoms with Crippen LogP contribution >= 0.6 is 0 Å². The van der Waals surface area contributed by atoms with Gasteiger partial charge in [0.05, 0.1) is 7.11 Å². The number of methoxy groups -OCH3 is 1. The molecular weight excluding hydrogens is 260 g/mol. The summed E-state index contributed by atoms with van der Waals surface area (Å²) >= 11 is 0. The molecule has 0 aliphatic heterocycles. The molecule has 0 saturated carbocycles. The normalized spacial score (nSPS) is 17.1. The van der Waals surface area contributed by atoms with Gasteiger partial charge in [0.1, 0.15) is 11.5 Å². The zero-order valence-corrected chi connectivity index (χ0v) is 12.3. The molecule has 0 N–H and O–H groups in total. The van der Waals surface area contributed by atoms with E-state index in [1.807, 2.05) is 30.3 Å². The van der Waals surface area contributed by atoms with Gasteiger partial charge in [-0.05, 0) is 48.1 Å². The van der Waals surface area contributed by atoms with E-state index in [1.165, 1.54) is 11.1 Å². The van der Waals surface area contributed by atoms with Gasteiger partial charge in [-0.2, -0.15) is 0 Å². The van der Waals surface area contributed by atoms with Crippen LogP contribution in [0.25, 0.3) is 0 Å². The van der Waals surface area contributed by atoms with E-state index >= 15 is 0 Å². The van der Waals surface area contributed by atoms with E-state index in [4.69, 9.17) is 4.74 Å². The predicted molar refractivity (Wildman–Crippen MR) is 83.8 cm³/mol. The molecule has 2 nitrogen and oxygen atoms in total. The maximum Gasteiger partial charge on any atom is 0.144 e. The molecule has 0 bridgehead atoms. The summed E-state index contributed by atoms with van der Waals surface area (Å²) in [6.07, 6.45) is 3.65. The summed E-state index contributed by atoms with van der Waals surface area (Å²) in [5.74, 6) is 1.18. The van der Waals surface area contributed by atoms with Gasteiger partial charge < -0.3 is 4.74 Å². The number of benzene rings is 2. The average Bonchev–Trinajstić information content (AvgIpc) is 2.54. The van der Waals surface area contributed by atoms with E-state index in [-0.39, 0.29) is 5.92 Å². The molecule has 0 amide bonds. The number of aryl methyl sites for hydroxylation is 1. The Kier molecular flexibility index (Phi) is 4.05. The summed E-state index contributed by atoms with van der Waals surface area (Å²) in [4.78, 5) is 12.7. The standard InChI is InChI=1S/C19H20O2/c1-21-16-9-4-6-14(12-16)13-19(20)18-11-5-8-15-7-2-3-10-17(15)18/h2-4,6-7,9-10,12,18H,5,8,11,13H2,1H3. The lowest BCUT2D eigenvalue weighted by Crippen LogP contribution is -2.20. The fourth-order valence-electron chi connectivity index (χ4n) is 3.20. The lowest BCUT2D eigenvalue weighted by Gasteiger charge is -2.24. The minimum Gasteiger partial charge on any atom is -0.497 e. The smallest absolute Gasteiger partial charge is 0.144 e. The molecule has 0 saturated heterocycles. The maximum atomic E-state index is 12.7. The first-order chi connectivity index (χ1) is 10.3. The molecule has 3 rings (SSSR count). The Bertz CT molecular complexity index is 646. The molecule has 0 radical (unpaired) electrons. The van der Waals surface area contributed by atoms with Gasteiger partial charge in [-0.3, -0.25) is 4.79 Å². The molecular formula is C19H20O2. The van der Waals surface area contributed by atoms with Crippen LogP contribution in [0.4, 0.5) is 0 Å². The van der Waals surface area contributed by atoms with Crippen molar-refractivity contribution in [1.29, 1.82) is 0 Å². The Morgan fingerprint density at radius 1 is 1.19 bits per heavy atom. The third kappa shape index (κ3) is 2.99. The number of rotatable bonds is 4. The number of hydrogen-bond acceptors (Lipinski definition) is 2. The molecule has 0 aromatic heterocycles. The number of hydrogen-bond donors (Lipinski definition) is 0. The van der Waals surface area contributed by atoms with Gasteiger partial charge in [0, 0.05) is 12.3 Å². The Morgan fingerprint density at radius 2 is 2.05 bits per heavy atom. The molecule has 21 heavy (non-hydrogen) atoms. The number of carbonyl (C=O) groups excluding carboxylic acids is 1. The van der Waals surface area contributed by atoms with E-state index in [0.29, 0.717) is 12.2 Å². The minimum atomic E-state index is 0.0566. The van der Waals surface area contributed by atoms with Crippen molar-refractivity contribution >= 4 is 5.78 Å². The van der Waals surface area contributed by atoms with Crippen molar-refractivity contribution in [2.45, 2.75) is 31.6 Å². The Hall–Kier alpha value is -2.09. The van der Waals surface area contributed by atoms with E-state index in [2.05, 4.69) is 18.2 Å². The predicted octanol–water partition coefficient (Wildman–Crippen LogP) is 3.93. The van der Waals surface area contributed by atoms with Gasteiger partial charge >= 0.3 is 0 Å². The summed E-state index contributed by atoms with van der Waals surface area (Å²) in [5.41, 5.74) is 3.60. The molecule has 1 aliphatic rings. The van der Waals surface area contributed by atoms with Crippen molar-refractivity contribution in [2.24, 2.45) is 0 Å². The monoisotopic (exact) mass is 280 g/mol. The van der Waals surface area contributed by atoms with Crippen LogP contribution in [0.1, 0.15) is 35.4 Å². The van der Waals surface area contributed by atoms with Crippen molar-refractivity contribution in [3.05, 3.63) is 65.2 Å². The number of Topliss-reactive ketones (excluding diaryl/α,β-unsaturated/α-hetero) is 1. The van der Waals surface area contributed by atoms with Gasteiger partial charge in [0.15, 0.2) is 0 Å². The van der Waals surface area contributed by atoms with Crippen LogP contribution in [-0.2, 0) is 17.6 Å². The van der Waals surface area contributed by atoms with Crippen molar-refractivity contribution < 1.29 is 9.53 Å². The van der Waals surface area contributed by atoms with Crippen LogP contribution in [0.5, 0.6) is 5.75 Å². The third-order valence-electron chi connectivity index (χ3n) is 4.27. The van der Waals surface area contributed by atoms with Crippen molar-refractivity contribution in [2.75, 3.05) is 7.11 Å². The lowest BCUT2D eigenvalue weighted by atomic mass is 9.79. The van der Waals surface area contributed by atoms with Gasteiger partial charge in [0.2, 0.25) is 0 Å².